The van der Waals surface area contributed by atoms with Gasteiger partial charge in [-0.3, -0.25) is 28.8 Å². The molecule has 12 nitrogen and oxygen atoms in total. The summed E-state index contributed by atoms with van der Waals surface area (Å²) in [5.74, 6) is -1.44. The van der Waals surface area contributed by atoms with E-state index in [2.05, 4.69) is 36.4 Å². The molecule has 0 saturated heterocycles. The van der Waals surface area contributed by atoms with Crippen molar-refractivity contribution >= 4 is 69.6 Å². The van der Waals surface area contributed by atoms with Crippen LogP contribution >= 0.6 is 0 Å². The summed E-state index contributed by atoms with van der Waals surface area (Å²) in [6.07, 6.45) is 0. The van der Waals surface area contributed by atoms with Crippen molar-refractivity contribution in [3.8, 4) is 66.8 Å². The molecule has 0 unspecified atom stereocenters. The predicted molar refractivity (Wildman–Crippen MR) is 361 cm³/mol. The lowest BCUT2D eigenvalue weighted by molar-refractivity contribution is 0.0984. The maximum absolute atomic E-state index is 14.3. The minimum Gasteiger partial charge on any atom is -0.311 e. The Balaban J connectivity index is 0.973. The average Bonchev–Trinajstić information content (AvgIpc) is 1.25. The molecule has 0 atom stereocenters. The Bertz CT molecular complexity index is 3890. The van der Waals surface area contributed by atoms with E-state index in [9.17, 15) is 28.8 Å². The Kier molecular flexibility index (Phi) is 15.0. The van der Waals surface area contributed by atoms with Crippen LogP contribution in [0.3, 0.4) is 0 Å². The molecule has 0 aliphatic carbocycles. The van der Waals surface area contributed by atoms with Crippen LogP contribution in [0.25, 0.3) is 66.8 Å². The third kappa shape index (κ3) is 11.0. The van der Waals surface area contributed by atoms with Gasteiger partial charge in [0.1, 0.15) is 0 Å². The van der Waals surface area contributed by atoms with Crippen LogP contribution in [0.2, 0.25) is 0 Å². The van der Waals surface area contributed by atoms with Crippen molar-refractivity contribution in [2.24, 2.45) is 0 Å². The minimum atomic E-state index is -0.240. The monoisotopic (exact) mass is 1180 g/mol. The van der Waals surface area contributed by atoms with Gasteiger partial charge in [0, 0.05) is 110 Å². The molecule has 21 aliphatic rings. The molecule has 21 heterocycles. The normalized spacial score (nSPS) is 13.7. The molecule has 12 heteroatoms. The van der Waals surface area contributed by atoms with Gasteiger partial charge in [0.25, 0.3) is 35.4 Å². The molecule has 0 radical (unpaired) electrons. The van der Waals surface area contributed by atoms with Crippen molar-refractivity contribution < 1.29 is 28.8 Å². The average molecular weight is 1180 g/mol. The van der Waals surface area contributed by atoms with Crippen LogP contribution in [0, 0.1) is 0 Å². The van der Waals surface area contributed by atoms with Crippen LogP contribution < -0.4 is 29.4 Å². The van der Waals surface area contributed by atoms with Crippen LogP contribution in [0.5, 0.6) is 0 Å². The molecule has 24 bridgehead atoms. The van der Waals surface area contributed by atoms with E-state index in [1.165, 1.54) is 0 Å². The molecule has 6 amide bonds. The van der Waals surface area contributed by atoms with E-state index in [4.69, 9.17) is 0 Å². The lowest BCUT2D eigenvalue weighted by Crippen LogP contribution is -2.28. The molecule has 11 aromatic rings. The van der Waals surface area contributed by atoms with Crippen molar-refractivity contribution in [1.82, 2.24) is 0 Å². The van der Waals surface area contributed by atoms with E-state index in [1.807, 2.05) is 218 Å². The summed E-state index contributed by atoms with van der Waals surface area (Å²) in [6, 6.07) is 79.1. The number of anilines is 6. The third-order valence-corrected chi connectivity index (χ3v) is 17.3. The molecule has 0 fully saturated rings. The van der Waals surface area contributed by atoms with Crippen LogP contribution in [0.4, 0.5) is 34.1 Å². The number of carbonyl (C=O) groups is 6. The van der Waals surface area contributed by atoms with Crippen molar-refractivity contribution in [1.29, 1.82) is 0 Å². The minimum absolute atomic E-state index is 0.240. The Hall–Kier alpha value is -11.8. The van der Waals surface area contributed by atoms with Gasteiger partial charge in [-0.15, -0.1) is 0 Å². The van der Waals surface area contributed by atoms with Gasteiger partial charge in [0.15, 0.2) is 0 Å². The topological polar surface area (TPSA) is 122 Å². The van der Waals surface area contributed by atoms with Gasteiger partial charge in [-0.25, -0.2) is 0 Å². The number of carbonyl (C=O) groups excluding carboxylic acids is 6. The van der Waals surface area contributed by atoms with Crippen LogP contribution in [-0.2, 0) is 0 Å². The quantitative estimate of drug-likeness (QED) is 0.149. The number of benzene rings is 11. The maximum Gasteiger partial charge on any atom is 0.258 e. The Morgan fingerprint density at radius 3 is 0.411 bits per heavy atom. The number of hydrogen-bond donors (Lipinski definition) is 0. The van der Waals surface area contributed by atoms with E-state index in [0.717, 1.165) is 66.8 Å². The number of amides is 6. The zero-order chi connectivity index (χ0) is 62.5. The van der Waals surface area contributed by atoms with Crippen molar-refractivity contribution in [2.75, 3.05) is 71.7 Å². The van der Waals surface area contributed by atoms with Gasteiger partial charge >= 0.3 is 0 Å². The summed E-state index contributed by atoms with van der Waals surface area (Å²) >= 11 is 0. The Morgan fingerprint density at radius 1 is 0.156 bits per heavy atom. The summed E-state index contributed by atoms with van der Waals surface area (Å²) in [4.78, 5) is 95.4. The maximum atomic E-state index is 14.3. The molecule has 438 valence electrons. The molecule has 0 N–H and O–H groups in total. The smallest absolute Gasteiger partial charge is 0.258 e. The fraction of sp³-hybridized carbons (Fsp3) is 0.0769. The van der Waals surface area contributed by atoms with E-state index in [1.54, 1.807) is 71.7 Å². The second-order valence-electron chi connectivity index (χ2n) is 22.8. The first kappa shape index (κ1) is 57.3. The lowest BCUT2D eigenvalue weighted by atomic mass is 9.92. The van der Waals surface area contributed by atoms with Crippen molar-refractivity contribution in [2.45, 2.75) is 0 Å². The predicted octanol–water partition coefficient (Wildman–Crippen LogP) is 16.0. The van der Waals surface area contributed by atoms with Gasteiger partial charge < -0.3 is 29.4 Å². The summed E-state index contributed by atoms with van der Waals surface area (Å²) in [7, 11) is 10.3. The molecule has 11 aromatic carbocycles. The Labute approximate surface area is 522 Å². The fourth-order valence-electron chi connectivity index (χ4n) is 11.7. The first-order valence-electron chi connectivity index (χ1n) is 29.4. The van der Waals surface area contributed by atoms with E-state index in [0.29, 0.717) is 67.5 Å². The van der Waals surface area contributed by atoms with E-state index < -0.39 is 0 Å². The number of rotatable bonds is 0. The third-order valence-electron chi connectivity index (χ3n) is 17.3. The lowest BCUT2D eigenvalue weighted by Gasteiger charge is -2.22. The molecular formula is C78H60N6O6. The summed E-state index contributed by atoms with van der Waals surface area (Å²) in [6.45, 7) is 0. The molecule has 90 heavy (non-hydrogen) atoms. The molecule has 0 spiro atoms. The van der Waals surface area contributed by atoms with E-state index >= 15 is 0 Å². The zero-order valence-electron chi connectivity index (χ0n) is 50.4. The second-order valence-corrected chi connectivity index (χ2v) is 22.8. The molecular weight excluding hydrogens is 1120 g/mol. The van der Waals surface area contributed by atoms with Crippen LogP contribution in [0.1, 0.15) is 62.1 Å². The van der Waals surface area contributed by atoms with Crippen LogP contribution in [0.15, 0.2) is 255 Å². The van der Waals surface area contributed by atoms with Gasteiger partial charge in [0.05, 0.1) is 0 Å². The fourth-order valence-corrected chi connectivity index (χ4v) is 11.7. The standard InChI is InChI=1S/C78H60N6O6/c1-79-67-10-7-11-68(46-67)80(2)74(86)56-30-18-50(19-31-56)64-43-65-45-66(44-64)54-26-38-60(39-27-54)78(90)84(6)72-15-9-13-70(48-72)82(4)76(88)58-34-22-52(23-35-58)63-41-61(49-16-28-55(29-17-49)73(79)85)40-62(42-63)51-20-32-57(33-21-51)75(87)81(3)69-12-8-14-71(47-69)83(5)77(89)59-36-24-53(65)25-37-59/h7-48H,1-6H3. The zero-order valence-corrected chi connectivity index (χ0v) is 50.4. The number of hydrogen-bond acceptors (Lipinski definition) is 6. The SMILES string of the molecule is CN1C(=O)c2ccc(cc2)-c2cc3cc(c2)-c2ccc(cc2)C(=O)N(C)c2cccc(c2)N(C)C(=O)c2ccc(cc2)-c2cc(cc(c2)-c2ccc(cc2)C(=O)N(C)c2cccc(c2)N(C)C(=O)c2ccc-3cc2)-c2ccc(cc2)C(=O)N(C)c2cccc1c2. The van der Waals surface area contributed by atoms with E-state index in [-0.39, 0.29) is 35.4 Å². The largest absolute Gasteiger partial charge is 0.311 e. The molecule has 21 aliphatic heterocycles. The highest BCUT2D eigenvalue weighted by molar-refractivity contribution is 6.11. The highest BCUT2D eigenvalue weighted by atomic mass is 16.2. The van der Waals surface area contributed by atoms with Gasteiger partial charge in [-0.05, 0) is 231 Å². The van der Waals surface area contributed by atoms with Gasteiger partial charge in [-0.1, -0.05) is 91.0 Å². The van der Waals surface area contributed by atoms with Gasteiger partial charge in [-0.2, -0.15) is 0 Å². The van der Waals surface area contributed by atoms with Crippen molar-refractivity contribution in [3.63, 3.8) is 0 Å². The molecule has 0 saturated carbocycles. The first-order chi connectivity index (χ1) is 43.5. The van der Waals surface area contributed by atoms with Crippen LogP contribution in [-0.4, -0.2) is 77.7 Å². The number of nitrogens with zero attached hydrogens (tertiary/aromatic N) is 6. The Morgan fingerprint density at radius 2 is 0.278 bits per heavy atom. The van der Waals surface area contributed by atoms with Crippen molar-refractivity contribution in [3.05, 3.63) is 288 Å². The van der Waals surface area contributed by atoms with Gasteiger partial charge in [0.2, 0.25) is 0 Å². The highest BCUT2D eigenvalue weighted by Gasteiger charge is 2.24. The summed E-state index contributed by atoms with van der Waals surface area (Å²) in [5, 5.41) is 0. The second kappa shape index (κ2) is 23.5. The highest BCUT2D eigenvalue weighted by Crippen LogP contribution is 2.38. The molecule has 0 aromatic heterocycles. The summed E-state index contributed by atoms with van der Waals surface area (Å²) < 4.78 is 0. The summed E-state index contributed by atoms with van der Waals surface area (Å²) in [5.41, 5.74) is 16.6. The first-order valence-corrected chi connectivity index (χ1v) is 29.4. The molecule has 32 rings (SSSR count).